The molecule has 0 aliphatic heterocycles. The predicted octanol–water partition coefficient (Wildman–Crippen LogP) is 2.55. The van der Waals surface area contributed by atoms with E-state index < -0.39 is 0 Å². The molecule has 1 atom stereocenters. The maximum atomic E-state index is 9.63. The van der Waals surface area contributed by atoms with Crippen LogP contribution in [-0.2, 0) is 6.54 Å². The fourth-order valence-electron chi connectivity index (χ4n) is 1.24. The summed E-state index contributed by atoms with van der Waals surface area (Å²) >= 11 is 5.78. The van der Waals surface area contributed by atoms with Gasteiger partial charge in [-0.1, -0.05) is 23.7 Å². The van der Waals surface area contributed by atoms with Crippen LogP contribution in [0, 0.1) is 12.3 Å². The van der Waals surface area contributed by atoms with E-state index in [1.165, 1.54) is 0 Å². The topological polar surface area (TPSA) is 32.3 Å². The minimum absolute atomic E-state index is 0.138. The molecular formula is C12H14ClNO. The highest BCUT2D eigenvalue weighted by atomic mass is 35.5. The highest BCUT2D eigenvalue weighted by molar-refractivity contribution is 6.32. The SMILES string of the molecule is C#CCC(C)NCc1cccc(Cl)c1O. The van der Waals surface area contributed by atoms with Crippen LogP contribution in [0.25, 0.3) is 0 Å². The number of nitrogens with one attached hydrogen (secondary N) is 1. The number of rotatable bonds is 4. The van der Waals surface area contributed by atoms with E-state index in [0.29, 0.717) is 18.0 Å². The van der Waals surface area contributed by atoms with Gasteiger partial charge in [-0.25, -0.2) is 0 Å². The van der Waals surface area contributed by atoms with Gasteiger partial charge in [-0.05, 0) is 13.0 Å². The van der Waals surface area contributed by atoms with Gasteiger partial charge < -0.3 is 10.4 Å². The third-order valence-corrected chi connectivity index (χ3v) is 2.44. The number of benzene rings is 1. The van der Waals surface area contributed by atoms with Gasteiger partial charge in [0.15, 0.2) is 0 Å². The maximum Gasteiger partial charge on any atom is 0.138 e. The molecule has 15 heavy (non-hydrogen) atoms. The van der Waals surface area contributed by atoms with Crippen molar-refractivity contribution in [3.63, 3.8) is 0 Å². The second-order valence-corrected chi connectivity index (χ2v) is 3.84. The van der Waals surface area contributed by atoms with Crippen LogP contribution >= 0.6 is 11.6 Å². The molecule has 0 aliphatic carbocycles. The molecule has 0 saturated heterocycles. The third-order valence-electron chi connectivity index (χ3n) is 2.14. The van der Waals surface area contributed by atoms with Crippen LogP contribution in [0.15, 0.2) is 18.2 Å². The Kier molecular flexibility index (Phi) is 4.48. The quantitative estimate of drug-likeness (QED) is 0.769. The van der Waals surface area contributed by atoms with Crippen molar-refractivity contribution in [3.8, 4) is 18.1 Å². The van der Waals surface area contributed by atoms with Gasteiger partial charge in [0, 0.05) is 24.6 Å². The van der Waals surface area contributed by atoms with Crippen LogP contribution in [0.5, 0.6) is 5.75 Å². The number of para-hydroxylation sites is 1. The number of terminal acetylenes is 1. The minimum atomic E-state index is 0.138. The van der Waals surface area contributed by atoms with Gasteiger partial charge in [0.05, 0.1) is 5.02 Å². The molecule has 0 aromatic heterocycles. The van der Waals surface area contributed by atoms with Crippen molar-refractivity contribution in [3.05, 3.63) is 28.8 Å². The summed E-state index contributed by atoms with van der Waals surface area (Å²) in [5.41, 5.74) is 0.784. The molecule has 1 aromatic carbocycles. The van der Waals surface area contributed by atoms with Gasteiger partial charge in [-0.15, -0.1) is 12.3 Å². The van der Waals surface area contributed by atoms with E-state index in [-0.39, 0.29) is 11.8 Å². The standard InChI is InChI=1S/C12H14ClNO/c1-3-5-9(2)14-8-10-6-4-7-11(13)12(10)15/h1,4,6-7,9,14-15H,5,8H2,2H3. The van der Waals surface area contributed by atoms with Crippen molar-refractivity contribution in [2.75, 3.05) is 0 Å². The van der Waals surface area contributed by atoms with Gasteiger partial charge in [0.1, 0.15) is 5.75 Å². The molecule has 3 heteroatoms. The van der Waals surface area contributed by atoms with E-state index in [0.717, 1.165) is 5.56 Å². The van der Waals surface area contributed by atoms with Gasteiger partial charge in [-0.3, -0.25) is 0 Å². The average Bonchev–Trinajstić information content (AvgIpc) is 2.21. The average molecular weight is 224 g/mol. The molecule has 0 heterocycles. The summed E-state index contributed by atoms with van der Waals surface area (Å²) in [6, 6.07) is 5.53. The number of hydrogen-bond acceptors (Lipinski definition) is 2. The van der Waals surface area contributed by atoms with E-state index in [2.05, 4.69) is 11.2 Å². The van der Waals surface area contributed by atoms with Crippen LogP contribution in [0.4, 0.5) is 0 Å². The maximum absolute atomic E-state index is 9.63. The van der Waals surface area contributed by atoms with Gasteiger partial charge >= 0.3 is 0 Å². The monoisotopic (exact) mass is 223 g/mol. The molecule has 0 bridgehead atoms. The summed E-state index contributed by atoms with van der Waals surface area (Å²) in [6.07, 6.45) is 5.86. The Morgan fingerprint density at radius 2 is 2.33 bits per heavy atom. The molecule has 0 amide bonds. The molecule has 2 nitrogen and oxygen atoms in total. The normalized spacial score (nSPS) is 12.1. The van der Waals surface area contributed by atoms with Crippen molar-refractivity contribution in [2.45, 2.75) is 25.9 Å². The Bertz CT molecular complexity index is 370. The zero-order valence-corrected chi connectivity index (χ0v) is 9.38. The molecular weight excluding hydrogens is 210 g/mol. The van der Waals surface area contributed by atoms with Crippen molar-refractivity contribution >= 4 is 11.6 Å². The van der Waals surface area contributed by atoms with Crippen LogP contribution in [0.2, 0.25) is 5.02 Å². The van der Waals surface area contributed by atoms with Crippen LogP contribution < -0.4 is 5.32 Å². The first kappa shape index (κ1) is 11.9. The Labute approximate surface area is 95.3 Å². The number of aromatic hydroxyl groups is 1. The molecule has 0 aliphatic rings. The van der Waals surface area contributed by atoms with E-state index in [1.807, 2.05) is 19.1 Å². The lowest BCUT2D eigenvalue weighted by Crippen LogP contribution is -2.24. The molecule has 0 fully saturated rings. The summed E-state index contributed by atoms with van der Waals surface area (Å²) < 4.78 is 0. The van der Waals surface area contributed by atoms with Crippen LogP contribution in [0.1, 0.15) is 18.9 Å². The van der Waals surface area contributed by atoms with Crippen LogP contribution in [-0.4, -0.2) is 11.1 Å². The number of phenols is 1. The van der Waals surface area contributed by atoms with Crippen LogP contribution in [0.3, 0.4) is 0 Å². The second kappa shape index (κ2) is 5.65. The highest BCUT2D eigenvalue weighted by Gasteiger charge is 2.06. The van der Waals surface area contributed by atoms with Gasteiger partial charge in [0.25, 0.3) is 0 Å². The first-order valence-corrected chi connectivity index (χ1v) is 5.16. The van der Waals surface area contributed by atoms with Crippen molar-refractivity contribution < 1.29 is 5.11 Å². The predicted molar refractivity (Wildman–Crippen MR) is 62.9 cm³/mol. The fraction of sp³-hybridized carbons (Fsp3) is 0.333. The Morgan fingerprint density at radius 1 is 1.60 bits per heavy atom. The lowest BCUT2D eigenvalue weighted by Gasteiger charge is -2.12. The number of phenolic OH excluding ortho intramolecular Hbond substituents is 1. The van der Waals surface area contributed by atoms with Gasteiger partial charge in [0.2, 0.25) is 0 Å². The Morgan fingerprint density at radius 3 is 3.00 bits per heavy atom. The fourth-order valence-corrected chi connectivity index (χ4v) is 1.43. The molecule has 0 saturated carbocycles. The minimum Gasteiger partial charge on any atom is -0.506 e. The molecule has 0 radical (unpaired) electrons. The number of halogens is 1. The molecule has 1 rings (SSSR count). The van der Waals surface area contributed by atoms with E-state index in [4.69, 9.17) is 18.0 Å². The summed E-state index contributed by atoms with van der Waals surface area (Å²) in [5, 5.41) is 13.2. The van der Waals surface area contributed by atoms with Crippen molar-refractivity contribution in [1.29, 1.82) is 0 Å². The number of hydrogen-bond donors (Lipinski definition) is 2. The van der Waals surface area contributed by atoms with E-state index >= 15 is 0 Å². The summed E-state index contributed by atoms with van der Waals surface area (Å²) in [5.74, 6) is 2.72. The molecule has 1 unspecified atom stereocenters. The van der Waals surface area contributed by atoms with E-state index in [9.17, 15) is 5.11 Å². The smallest absolute Gasteiger partial charge is 0.138 e. The molecule has 2 N–H and O–H groups in total. The van der Waals surface area contributed by atoms with Crippen molar-refractivity contribution in [2.24, 2.45) is 0 Å². The molecule has 1 aromatic rings. The lowest BCUT2D eigenvalue weighted by molar-refractivity contribution is 0.460. The van der Waals surface area contributed by atoms with Crippen molar-refractivity contribution in [1.82, 2.24) is 5.32 Å². The Hall–Kier alpha value is -1.17. The second-order valence-electron chi connectivity index (χ2n) is 3.44. The van der Waals surface area contributed by atoms with E-state index in [1.54, 1.807) is 6.07 Å². The summed E-state index contributed by atoms with van der Waals surface area (Å²) in [4.78, 5) is 0. The summed E-state index contributed by atoms with van der Waals surface area (Å²) in [7, 11) is 0. The zero-order valence-electron chi connectivity index (χ0n) is 8.63. The largest absolute Gasteiger partial charge is 0.506 e. The first-order valence-electron chi connectivity index (χ1n) is 4.78. The van der Waals surface area contributed by atoms with Gasteiger partial charge in [-0.2, -0.15) is 0 Å². The first-order chi connectivity index (χ1) is 7.15. The zero-order chi connectivity index (χ0) is 11.3. The Balaban J connectivity index is 2.58. The summed E-state index contributed by atoms with van der Waals surface area (Å²) in [6.45, 7) is 2.57. The molecule has 0 spiro atoms. The molecule has 80 valence electrons. The highest BCUT2D eigenvalue weighted by Crippen LogP contribution is 2.26. The third kappa shape index (κ3) is 3.47. The lowest BCUT2D eigenvalue weighted by atomic mass is 10.1.